The van der Waals surface area contributed by atoms with E-state index in [1.165, 1.54) is 24.3 Å². The number of nitrogens with two attached hydrogens (primary N) is 1. The largest absolute Gasteiger partial charge is 0.399 e. The van der Waals surface area contributed by atoms with Gasteiger partial charge in [0.1, 0.15) is 0 Å². The third-order valence-corrected chi connectivity index (χ3v) is 1.97. The van der Waals surface area contributed by atoms with Crippen LogP contribution >= 0.6 is 11.2 Å². The second-order valence-electron chi connectivity index (χ2n) is 2.39. The Balaban J connectivity index is 2.71. The maximum absolute atomic E-state index is 11.9. The zero-order chi connectivity index (χ0) is 9.19. The summed E-state index contributed by atoms with van der Waals surface area (Å²) in [4.78, 5) is 0. The average Bonchev–Trinajstić information content (AvgIpc) is 1.91. The fraction of sp³-hybridized carbons (Fsp3) is 0.143. The van der Waals surface area contributed by atoms with E-state index in [2.05, 4.69) is 0 Å². The quantitative estimate of drug-likeness (QED) is 0.720. The van der Waals surface area contributed by atoms with Crippen LogP contribution in [0.5, 0.6) is 0 Å². The molecule has 0 radical (unpaired) electrons. The lowest BCUT2D eigenvalue weighted by Crippen LogP contribution is -1.88. The highest BCUT2D eigenvalue weighted by atomic mass is 32.3. The molecule has 1 aromatic rings. The molecule has 68 valence electrons. The SMILES string of the molecule is Nc1ccc(CS(F)(F)F)cc1. The fourth-order valence-electron chi connectivity index (χ4n) is 0.803. The molecule has 5 heteroatoms. The first-order chi connectivity index (χ1) is 5.47. The maximum Gasteiger partial charge on any atom is 0.213 e. The molecule has 0 aliphatic carbocycles. The summed E-state index contributed by atoms with van der Waals surface area (Å²) in [6, 6.07) is 5.74. The number of hydrogen-bond donors (Lipinski definition) is 1. The van der Waals surface area contributed by atoms with Crippen molar-refractivity contribution < 1.29 is 11.7 Å². The van der Waals surface area contributed by atoms with Gasteiger partial charge in [-0.05, 0) is 17.7 Å². The lowest BCUT2D eigenvalue weighted by Gasteiger charge is -2.09. The van der Waals surface area contributed by atoms with E-state index >= 15 is 0 Å². The number of anilines is 1. The van der Waals surface area contributed by atoms with Gasteiger partial charge in [0.25, 0.3) is 0 Å². The number of benzene rings is 1. The smallest absolute Gasteiger partial charge is 0.213 e. The van der Waals surface area contributed by atoms with E-state index in [1.807, 2.05) is 0 Å². The van der Waals surface area contributed by atoms with E-state index in [1.54, 1.807) is 0 Å². The summed E-state index contributed by atoms with van der Waals surface area (Å²) >= 11 is -4.93. The minimum Gasteiger partial charge on any atom is -0.399 e. The van der Waals surface area contributed by atoms with Crippen molar-refractivity contribution in [2.45, 2.75) is 5.75 Å². The van der Waals surface area contributed by atoms with E-state index in [0.29, 0.717) is 5.69 Å². The molecule has 0 saturated heterocycles. The minimum absolute atomic E-state index is 0.270. The van der Waals surface area contributed by atoms with Crippen molar-refractivity contribution in [3.05, 3.63) is 29.8 Å². The lowest BCUT2D eigenvalue weighted by atomic mass is 10.2. The van der Waals surface area contributed by atoms with Crippen LogP contribution < -0.4 is 5.73 Å². The highest BCUT2D eigenvalue weighted by Crippen LogP contribution is 2.55. The van der Waals surface area contributed by atoms with Crippen LogP contribution in [-0.2, 0) is 5.75 Å². The molecule has 1 rings (SSSR count). The van der Waals surface area contributed by atoms with E-state index in [0.717, 1.165) is 0 Å². The highest BCUT2D eigenvalue weighted by Gasteiger charge is 2.20. The van der Waals surface area contributed by atoms with Crippen LogP contribution in [-0.4, -0.2) is 0 Å². The number of halogens is 3. The molecule has 0 spiro atoms. The van der Waals surface area contributed by atoms with E-state index in [-0.39, 0.29) is 5.56 Å². The molecular weight excluding hydrogens is 187 g/mol. The van der Waals surface area contributed by atoms with Crippen molar-refractivity contribution in [2.75, 3.05) is 5.73 Å². The number of hydrogen-bond acceptors (Lipinski definition) is 1. The van der Waals surface area contributed by atoms with E-state index in [4.69, 9.17) is 5.73 Å². The van der Waals surface area contributed by atoms with Crippen LogP contribution in [0, 0.1) is 0 Å². The molecule has 0 bridgehead atoms. The molecule has 0 fully saturated rings. The molecule has 0 aromatic heterocycles. The van der Waals surface area contributed by atoms with Gasteiger partial charge in [-0.1, -0.05) is 12.1 Å². The van der Waals surface area contributed by atoms with Gasteiger partial charge in [0, 0.05) is 5.69 Å². The highest BCUT2D eigenvalue weighted by molar-refractivity contribution is 8.20. The monoisotopic (exact) mass is 195 g/mol. The Hall–Kier alpha value is -0.840. The predicted molar refractivity (Wildman–Crippen MR) is 45.5 cm³/mol. The Labute approximate surface area is 70.6 Å². The van der Waals surface area contributed by atoms with Crippen LogP contribution in [0.25, 0.3) is 0 Å². The van der Waals surface area contributed by atoms with Crippen LogP contribution in [0.15, 0.2) is 24.3 Å². The van der Waals surface area contributed by atoms with Crippen molar-refractivity contribution >= 4 is 16.9 Å². The van der Waals surface area contributed by atoms with E-state index < -0.39 is 16.9 Å². The van der Waals surface area contributed by atoms with Gasteiger partial charge in [-0.3, -0.25) is 0 Å². The summed E-state index contributed by atoms with van der Waals surface area (Å²) in [6.07, 6.45) is 0. The fourth-order valence-corrected chi connectivity index (χ4v) is 1.37. The van der Waals surface area contributed by atoms with Gasteiger partial charge >= 0.3 is 0 Å². The standard InChI is InChI=1S/C7H8F3NS/c8-12(9,10)5-6-1-3-7(11)4-2-6/h1-4H,5,11H2. The zero-order valence-corrected chi connectivity index (χ0v) is 6.95. The summed E-state index contributed by atoms with van der Waals surface area (Å²) in [6.45, 7) is 0. The second kappa shape index (κ2) is 3.26. The van der Waals surface area contributed by atoms with Crippen LogP contribution in [0.1, 0.15) is 5.56 Å². The Morgan fingerprint density at radius 2 is 1.58 bits per heavy atom. The molecule has 0 atom stereocenters. The molecule has 0 amide bonds. The topological polar surface area (TPSA) is 26.0 Å². The van der Waals surface area contributed by atoms with E-state index in [9.17, 15) is 11.7 Å². The first-order valence-corrected chi connectivity index (χ1v) is 4.72. The summed E-state index contributed by atoms with van der Waals surface area (Å²) in [5, 5.41) is 0. The van der Waals surface area contributed by atoms with Crippen molar-refractivity contribution in [1.82, 2.24) is 0 Å². The summed E-state index contributed by atoms with van der Waals surface area (Å²) in [7, 11) is 0. The third kappa shape index (κ3) is 3.04. The van der Waals surface area contributed by atoms with Gasteiger partial charge in [-0.25, -0.2) is 0 Å². The van der Waals surface area contributed by atoms with Crippen LogP contribution in [0.3, 0.4) is 0 Å². The Bertz CT molecular complexity index is 254. The molecule has 12 heavy (non-hydrogen) atoms. The van der Waals surface area contributed by atoms with Crippen molar-refractivity contribution in [3.63, 3.8) is 0 Å². The molecule has 0 saturated carbocycles. The average molecular weight is 195 g/mol. The molecule has 0 heterocycles. The Kier molecular flexibility index (Phi) is 2.52. The second-order valence-corrected chi connectivity index (χ2v) is 3.68. The van der Waals surface area contributed by atoms with Gasteiger partial charge in [-0.2, -0.15) is 0 Å². The normalized spacial score (nSPS) is 12.9. The molecule has 1 nitrogen and oxygen atoms in total. The molecule has 0 unspecified atom stereocenters. The maximum atomic E-state index is 11.9. The van der Waals surface area contributed by atoms with Gasteiger partial charge in [0.15, 0.2) is 0 Å². The van der Waals surface area contributed by atoms with Gasteiger partial charge in [-0.15, -0.1) is 11.7 Å². The lowest BCUT2D eigenvalue weighted by molar-refractivity contribution is 0.631. The van der Waals surface area contributed by atoms with Crippen molar-refractivity contribution in [3.8, 4) is 0 Å². The Morgan fingerprint density at radius 1 is 1.08 bits per heavy atom. The molecule has 2 N–H and O–H groups in total. The first-order valence-electron chi connectivity index (χ1n) is 3.22. The van der Waals surface area contributed by atoms with Gasteiger partial charge < -0.3 is 5.73 Å². The first kappa shape index (κ1) is 9.25. The van der Waals surface area contributed by atoms with Crippen LogP contribution in [0.2, 0.25) is 0 Å². The van der Waals surface area contributed by atoms with Gasteiger partial charge in [0.2, 0.25) is 11.2 Å². The summed E-state index contributed by atoms with van der Waals surface area (Å²) in [5.74, 6) is -0.812. The van der Waals surface area contributed by atoms with Crippen molar-refractivity contribution in [1.29, 1.82) is 0 Å². The van der Waals surface area contributed by atoms with Crippen molar-refractivity contribution in [2.24, 2.45) is 0 Å². The minimum atomic E-state index is -4.93. The number of nitrogen functional groups attached to an aromatic ring is 1. The molecular formula is C7H8F3NS. The zero-order valence-electron chi connectivity index (χ0n) is 6.14. The predicted octanol–water partition coefficient (Wildman–Crippen LogP) is 3.23. The summed E-state index contributed by atoms with van der Waals surface area (Å²) < 4.78 is 35.7. The van der Waals surface area contributed by atoms with Gasteiger partial charge in [0.05, 0.1) is 5.75 Å². The molecule has 0 aliphatic rings. The number of rotatable bonds is 2. The third-order valence-electron chi connectivity index (χ3n) is 1.31. The summed E-state index contributed by atoms with van der Waals surface area (Å²) in [5.41, 5.74) is 6.07. The Morgan fingerprint density at radius 3 is 2.00 bits per heavy atom. The van der Waals surface area contributed by atoms with Crippen LogP contribution in [0.4, 0.5) is 17.3 Å². The molecule has 1 aromatic carbocycles. The molecule has 0 aliphatic heterocycles.